The van der Waals surface area contributed by atoms with Crippen molar-refractivity contribution in [1.82, 2.24) is 5.32 Å². The molecule has 0 bridgehead atoms. The average Bonchev–Trinajstić information content (AvgIpc) is 3.02. The lowest BCUT2D eigenvalue weighted by Gasteiger charge is -2.13. The SMILES string of the molecule is Oc1ccc2ccccc2c1CNCCOC1CCCC1. The molecule has 0 amide bonds. The first-order chi connectivity index (χ1) is 10.3. The van der Waals surface area contributed by atoms with Gasteiger partial charge in [-0.05, 0) is 29.7 Å². The Bertz CT molecular complexity index is 591. The van der Waals surface area contributed by atoms with Crippen LogP contribution in [0.2, 0.25) is 0 Å². The van der Waals surface area contributed by atoms with Crippen LogP contribution in [0.25, 0.3) is 10.8 Å². The molecule has 2 N–H and O–H groups in total. The summed E-state index contributed by atoms with van der Waals surface area (Å²) in [4.78, 5) is 0. The van der Waals surface area contributed by atoms with E-state index in [-0.39, 0.29) is 0 Å². The van der Waals surface area contributed by atoms with E-state index in [1.165, 1.54) is 25.7 Å². The van der Waals surface area contributed by atoms with Crippen LogP contribution < -0.4 is 5.32 Å². The highest BCUT2D eigenvalue weighted by atomic mass is 16.5. The number of aromatic hydroxyl groups is 1. The molecular formula is C18H23NO2. The maximum Gasteiger partial charge on any atom is 0.120 e. The second-order valence-corrected chi connectivity index (χ2v) is 5.74. The molecule has 0 radical (unpaired) electrons. The zero-order valence-corrected chi connectivity index (χ0v) is 12.3. The van der Waals surface area contributed by atoms with Crippen molar-refractivity contribution in [1.29, 1.82) is 0 Å². The first-order valence-corrected chi connectivity index (χ1v) is 7.86. The van der Waals surface area contributed by atoms with Crippen molar-refractivity contribution in [2.45, 2.75) is 38.3 Å². The molecule has 1 aliphatic carbocycles. The van der Waals surface area contributed by atoms with E-state index in [2.05, 4.69) is 17.4 Å². The second-order valence-electron chi connectivity index (χ2n) is 5.74. The Kier molecular flexibility index (Phi) is 4.73. The van der Waals surface area contributed by atoms with E-state index in [4.69, 9.17) is 4.74 Å². The maximum absolute atomic E-state index is 10.1. The molecule has 1 aliphatic rings. The van der Waals surface area contributed by atoms with Crippen LogP contribution >= 0.6 is 0 Å². The largest absolute Gasteiger partial charge is 0.508 e. The molecule has 112 valence electrons. The molecule has 1 saturated carbocycles. The van der Waals surface area contributed by atoms with Gasteiger partial charge in [0.1, 0.15) is 5.75 Å². The zero-order valence-electron chi connectivity index (χ0n) is 12.3. The summed E-state index contributed by atoms with van der Waals surface area (Å²) in [5.41, 5.74) is 0.967. The van der Waals surface area contributed by atoms with Gasteiger partial charge in [-0.15, -0.1) is 0 Å². The van der Waals surface area contributed by atoms with Gasteiger partial charge in [-0.3, -0.25) is 0 Å². The normalized spacial score (nSPS) is 15.8. The summed E-state index contributed by atoms with van der Waals surface area (Å²) in [7, 11) is 0. The zero-order chi connectivity index (χ0) is 14.5. The van der Waals surface area contributed by atoms with E-state index in [0.29, 0.717) is 18.4 Å². The number of phenols is 1. The molecule has 0 aromatic heterocycles. The van der Waals surface area contributed by atoms with Crippen LogP contribution in [-0.2, 0) is 11.3 Å². The third-order valence-corrected chi connectivity index (χ3v) is 4.25. The summed E-state index contributed by atoms with van der Waals surface area (Å²) in [5.74, 6) is 0.359. The fraction of sp³-hybridized carbons (Fsp3) is 0.444. The van der Waals surface area contributed by atoms with Crippen LogP contribution in [0.3, 0.4) is 0 Å². The highest BCUT2D eigenvalue weighted by molar-refractivity contribution is 5.87. The van der Waals surface area contributed by atoms with Gasteiger partial charge in [-0.2, -0.15) is 0 Å². The van der Waals surface area contributed by atoms with Crippen LogP contribution in [0.5, 0.6) is 5.75 Å². The fourth-order valence-electron chi connectivity index (χ4n) is 3.08. The number of benzene rings is 2. The minimum atomic E-state index is 0.359. The molecule has 0 heterocycles. The molecule has 3 nitrogen and oxygen atoms in total. The van der Waals surface area contributed by atoms with Crippen molar-refractivity contribution in [2.75, 3.05) is 13.2 Å². The van der Waals surface area contributed by atoms with E-state index in [0.717, 1.165) is 29.5 Å². The molecule has 2 aromatic rings. The first kappa shape index (κ1) is 14.4. The van der Waals surface area contributed by atoms with Gasteiger partial charge in [0.05, 0.1) is 12.7 Å². The number of ether oxygens (including phenoxy) is 1. The standard InChI is InChI=1S/C18H23NO2/c20-18-10-9-14-5-1-4-8-16(14)17(18)13-19-11-12-21-15-6-2-3-7-15/h1,4-5,8-10,15,19-20H,2-3,6-7,11-13H2. The molecule has 2 aromatic carbocycles. The number of fused-ring (bicyclic) bond motifs is 1. The Morgan fingerprint density at radius 2 is 1.90 bits per heavy atom. The Morgan fingerprint density at radius 1 is 1.10 bits per heavy atom. The molecule has 21 heavy (non-hydrogen) atoms. The Labute approximate surface area is 125 Å². The van der Waals surface area contributed by atoms with Crippen LogP contribution in [0.4, 0.5) is 0 Å². The van der Waals surface area contributed by atoms with Crippen LogP contribution in [0.1, 0.15) is 31.2 Å². The van der Waals surface area contributed by atoms with Crippen molar-refractivity contribution in [3.63, 3.8) is 0 Å². The van der Waals surface area contributed by atoms with Gasteiger partial charge >= 0.3 is 0 Å². The third kappa shape index (κ3) is 3.55. The number of hydrogen-bond acceptors (Lipinski definition) is 3. The number of phenolic OH excluding ortho intramolecular Hbond substituents is 1. The van der Waals surface area contributed by atoms with Gasteiger partial charge in [0.15, 0.2) is 0 Å². The summed E-state index contributed by atoms with van der Waals surface area (Å²) in [6.07, 6.45) is 5.51. The van der Waals surface area contributed by atoms with E-state index in [9.17, 15) is 5.11 Å². The van der Waals surface area contributed by atoms with Gasteiger partial charge < -0.3 is 15.2 Å². The van der Waals surface area contributed by atoms with Gasteiger partial charge in [-0.1, -0.05) is 43.2 Å². The van der Waals surface area contributed by atoms with Crippen molar-refractivity contribution in [2.24, 2.45) is 0 Å². The topological polar surface area (TPSA) is 41.5 Å². The Morgan fingerprint density at radius 3 is 2.76 bits per heavy atom. The number of nitrogens with one attached hydrogen (secondary N) is 1. The molecule has 0 spiro atoms. The van der Waals surface area contributed by atoms with E-state index in [1.807, 2.05) is 18.2 Å². The lowest BCUT2D eigenvalue weighted by molar-refractivity contribution is 0.0602. The molecular weight excluding hydrogens is 262 g/mol. The van der Waals surface area contributed by atoms with Gasteiger partial charge in [-0.25, -0.2) is 0 Å². The Balaban J connectivity index is 1.54. The van der Waals surface area contributed by atoms with E-state index < -0.39 is 0 Å². The minimum absolute atomic E-state index is 0.359. The smallest absolute Gasteiger partial charge is 0.120 e. The van der Waals surface area contributed by atoms with E-state index in [1.54, 1.807) is 6.07 Å². The predicted octanol–water partition coefficient (Wildman–Crippen LogP) is 3.59. The average molecular weight is 285 g/mol. The predicted molar refractivity (Wildman–Crippen MR) is 85.5 cm³/mol. The summed E-state index contributed by atoms with van der Waals surface area (Å²) in [5, 5.41) is 15.7. The van der Waals surface area contributed by atoms with Crippen molar-refractivity contribution < 1.29 is 9.84 Å². The maximum atomic E-state index is 10.1. The highest BCUT2D eigenvalue weighted by Gasteiger charge is 2.14. The highest BCUT2D eigenvalue weighted by Crippen LogP contribution is 2.26. The van der Waals surface area contributed by atoms with Crippen LogP contribution in [-0.4, -0.2) is 24.4 Å². The van der Waals surface area contributed by atoms with Crippen LogP contribution in [0, 0.1) is 0 Å². The fourth-order valence-corrected chi connectivity index (χ4v) is 3.08. The lowest BCUT2D eigenvalue weighted by atomic mass is 10.0. The molecule has 0 unspecified atom stereocenters. The summed E-state index contributed by atoms with van der Waals surface area (Å²) < 4.78 is 5.83. The van der Waals surface area contributed by atoms with Gasteiger partial charge in [0, 0.05) is 18.7 Å². The van der Waals surface area contributed by atoms with Crippen LogP contribution in [0.15, 0.2) is 36.4 Å². The van der Waals surface area contributed by atoms with Crippen molar-refractivity contribution in [3.8, 4) is 5.75 Å². The van der Waals surface area contributed by atoms with Crippen molar-refractivity contribution in [3.05, 3.63) is 42.0 Å². The monoisotopic (exact) mass is 285 g/mol. The third-order valence-electron chi connectivity index (χ3n) is 4.25. The molecule has 0 saturated heterocycles. The van der Waals surface area contributed by atoms with Crippen molar-refractivity contribution >= 4 is 10.8 Å². The number of hydrogen-bond donors (Lipinski definition) is 2. The second kappa shape index (κ2) is 6.92. The molecule has 3 rings (SSSR count). The number of rotatable bonds is 6. The van der Waals surface area contributed by atoms with Gasteiger partial charge in [0.25, 0.3) is 0 Å². The molecule has 0 atom stereocenters. The molecule has 1 fully saturated rings. The minimum Gasteiger partial charge on any atom is -0.508 e. The lowest BCUT2D eigenvalue weighted by Crippen LogP contribution is -2.22. The summed E-state index contributed by atoms with van der Waals surface area (Å²) in [6, 6.07) is 11.9. The molecule has 0 aliphatic heterocycles. The van der Waals surface area contributed by atoms with Gasteiger partial charge in [0.2, 0.25) is 0 Å². The van der Waals surface area contributed by atoms with E-state index >= 15 is 0 Å². The molecule has 3 heteroatoms. The quantitative estimate of drug-likeness (QED) is 0.797. The summed E-state index contributed by atoms with van der Waals surface area (Å²) in [6.45, 7) is 2.23. The Hall–Kier alpha value is -1.58. The summed E-state index contributed by atoms with van der Waals surface area (Å²) >= 11 is 0. The first-order valence-electron chi connectivity index (χ1n) is 7.86.